The Balaban J connectivity index is 1.96. The highest BCUT2D eigenvalue weighted by Crippen LogP contribution is 2.16. The molecule has 0 aromatic heterocycles. The fourth-order valence-corrected chi connectivity index (χ4v) is 2.39. The summed E-state index contributed by atoms with van der Waals surface area (Å²) in [6.07, 6.45) is -2.42. The summed E-state index contributed by atoms with van der Waals surface area (Å²) in [5, 5.41) is 12.4. The van der Waals surface area contributed by atoms with Gasteiger partial charge in [0.05, 0.1) is 12.7 Å². The van der Waals surface area contributed by atoms with Crippen LogP contribution in [0.25, 0.3) is 0 Å². The lowest BCUT2D eigenvalue weighted by atomic mass is 9.96. The van der Waals surface area contributed by atoms with Gasteiger partial charge < -0.3 is 20.1 Å². The Hall–Kier alpha value is -0.370. The van der Waals surface area contributed by atoms with Crippen molar-refractivity contribution in [3.8, 4) is 0 Å². The maximum atomic E-state index is 11.8. The van der Waals surface area contributed by atoms with E-state index in [-0.39, 0.29) is 12.7 Å². The van der Waals surface area contributed by atoms with Crippen LogP contribution in [0.3, 0.4) is 0 Å². The molecule has 2 N–H and O–H groups in total. The highest BCUT2D eigenvalue weighted by Gasteiger charge is 2.27. The summed E-state index contributed by atoms with van der Waals surface area (Å²) >= 11 is 0. The Morgan fingerprint density at radius 3 is 2.55 bits per heavy atom. The van der Waals surface area contributed by atoms with Gasteiger partial charge in [0.2, 0.25) is 0 Å². The second-order valence-electron chi connectivity index (χ2n) is 5.46. The van der Waals surface area contributed by atoms with E-state index in [0.717, 1.165) is 32.5 Å². The number of β-amino-alcohol motifs (C(OH)–C–C–N with tert-alkyl or cyclic N) is 1. The van der Waals surface area contributed by atoms with Gasteiger partial charge in [0, 0.05) is 13.1 Å². The molecule has 1 rings (SSSR count). The first-order valence-electron chi connectivity index (χ1n) is 7.12. The van der Waals surface area contributed by atoms with Crippen molar-refractivity contribution in [1.82, 2.24) is 10.2 Å². The molecule has 120 valence electrons. The minimum atomic E-state index is -4.24. The molecule has 0 aromatic rings. The number of halogens is 3. The second kappa shape index (κ2) is 8.81. The highest BCUT2D eigenvalue weighted by atomic mass is 19.4. The quantitative estimate of drug-likeness (QED) is 0.662. The zero-order valence-electron chi connectivity index (χ0n) is 12.0. The van der Waals surface area contributed by atoms with Crippen molar-refractivity contribution in [2.45, 2.75) is 32.0 Å². The minimum absolute atomic E-state index is 0.0837. The molecule has 0 bridgehead atoms. The van der Waals surface area contributed by atoms with Crippen LogP contribution < -0.4 is 5.32 Å². The molecule has 1 aliphatic heterocycles. The lowest BCUT2D eigenvalue weighted by molar-refractivity contribution is -0.173. The van der Waals surface area contributed by atoms with Gasteiger partial charge in [0.1, 0.15) is 6.61 Å². The number of aliphatic hydroxyl groups excluding tert-OH is 1. The number of rotatable bonds is 8. The number of hydrogen-bond donors (Lipinski definition) is 2. The Bertz CT molecular complexity index is 254. The molecule has 1 fully saturated rings. The number of aliphatic hydroxyl groups is 1. The van der Waals surface area contributed by atoms with Gasteiger partial charge in [-0.2, -0.15) is 13.2 Å². The number of ether oxygens (including phenoxy) is 1. The molecule has 0 unspecified atom stereocenters. The molecule has 1 saturated heterocycles. The van der Waals surface area contributed by atoms with Gasteiger partial charge in [0.25, 0.3) is 0 Å². The van der Waals surface area contributed by atoms with Crippen LogP contribution in [0, 0.1) is 5.92 Å². The summed E-state index contributed by atoms with van der Waals surface area (Å²) in [5.74, 6) is 0.558. The highest BCUT2D eigenvalue weighted by molar-refractivity contribution is 4.74. The van der Waals surface area contributed by atoms with Crippen molar-refractivity contribution in [3.05, 3.63) is 0 Å². The number of piperidine rings is 1. The van der Waals surface area contributed by atoms with Crippen LogP contribution in [0.1, 0.15) is 19.8 Å². The topological polar surface area (TPSA) is 44.7 Å². The molecule has 0 spiro atoms. The van der Waals surface area contributed by atoms with E-state index in [0.29, 0.717) is 19.0 Å². The van der Waals surface area contributed by atoms with E-state index in [1.807, 2.05) is 0 Å². The van der Waals surface area contributed by atoms with Gasteiger partial charge >= 0.3 is 6.18 Å². The van der Waals surface area contributed by atoms with Gasteiger partial charge in [-0.05, 0) is 45.3 Å². The van der Waals surface area contributed by atoms with Crippen molar-refractivity contribution >= 4 is 0 Å². The van der Waals surface area contributed by atoms with E-state index in [1.165, 1.54) is 0 Å². The van der Waals surface area contributed by atoms with Gasteiger partial charge in [-0.25, -0.2) is 0 Å². The number of alkyl halides is 3. The molecule has 20 heavy (non-hydrogen) atoms. The third-order valence-electron chi connectivity index (χ3n) is 3.35. The summed E-state index contributed by atoms with van der Waals surface area (Å²) in [4.78, 5) is 2.24. The van der Waals surface area contributed by atoms with Crippen LogP contribution in [0.4, 0.5) is 13.2 Å². The van der Waals surface area contributed by atoms with Crippen LogP contribution in [0.2, 0.25) is 0 Å². The average Bonchev–Trinajstić information content (AvgIpc) is 2.33. The Labute approximate surface area is 118 Å². The molecule has 7 heteroatoms. The third-order valence-corrected chi connectivity index (χ3v) is 3.35. The molecular formula is C13H25F3N2O2. The molecule has 0 amide bonds. The number of nitrogens with one attached hydrogen (secondary N) is 1. The zero-order valence-corrected chi connectivity index (χ0v) is 12.0. The van der Waals surface area contributed by atoms with E-state index < -0.39 is 12.8 Å². The first-order chi connectivity index (χ1) is 9.37. The van der Waals surface area contributed by atoms with Crippen molar-refractivity contribution in [2.24, 2.45) is 5.92 Å². The first-order valence-corrected chi connectivity index (χ1v) is 7.12. The summed E-state index contributed by atoms with van der Waals surface area (Å²) in [5.41, 5.74) is 0. The normalized spacial score (nSPS) is 20.2. The summed E-state index contributed by atoms with van der Waals surface area (Å²) < 4.78 is 40.0. The predicted molar refractivity (Wildman–Crippen MR) is 70.6 cm³/mol. The first kappa shape index (κ1) is 17.7. The molecule has 0 radical (unpaired) electrons. The van der Waals surface area contributed by atoms with Crippen LogP contribution in [0.5, 0.6) is 0 Å². The molecule has 1 aliphatic rings. The Morgan fingerprint density at radius 1 is 1.35 bits per heavy atom. The fourth-order valence-electron chi connectivity index (χ4n) is 2.39. The maximum absolute atomic E-state index is 11.8. The summed E-state index contributed by atoms with van der Waals surface area (Å²) in [7, 11) is 0. The monoisotopic (exact) mass is 298 g/mol. The van der Waals surface area contributed by atoms with E-state index in [2.05, 4.69) is 15.0 Å². The molecule has 0 saturated carbocycles. The van der Waals surface area contributed by atoms with Crippen molar-refractivity contribution < 1.29 is 23.0 Å². The van der Waals surface area contributed by atoms with Gasteiger partial charge in [-0.15, -0.1) is 0 Å². The Kier molecular flexibility index (Phi) is 7.79. The standard InChI is InChI=1S/C13H25F3N2O2/c1-11(19)9-18-5-2-12(3-6-18)8-17-4-7-20-10-13(14,15)16/h11-12,17,19H,2-10H2,1H3/t11-/m1/s1. The molecular weight excluding hydrogens is 273 g/mol. The second-order valence-corrected chi connectivity index (χ2v) is 5.46. The van der Waals surface area contributed by atoms with E-state index in [1.54, 1.807) is 6.92 Å². The summed E-state index contributed by atoms with van der Waals surface area (Å²) in [6, 6.07) is 0. The van der Waals surface area contributed by atoms with E-state index in [9.17, 15) is 18.3 Å². The third kappa shape index (κ3) is 8.73. The lowest BCUT2D eigenvalue weighted by Gasteiger charge is -2.32. The lowest BCUT2D eigenvalue weighted by Crippen LogP contribution is -2.40. The molecule has 1 atom stereocenters. The number of nitrogens with zero attached hydrogens (tertiary/aromatic N) is 1. The van der Waals surface area contributed by atoms with Crippen LogP contribution in [0.15, 0.2) is 0 Å². The average molecular weight is 298 g/mol. The van der Waals surface area contributed by atoms with E-state index in [4.69, 9.17) is 0 Å². The predicted octanol–water partition coefficient (Wildman–Crippen LogP) is 1.25. The van der Waals surface area contributed by atoms with Crippen LogP contribution in [-0.4, -0.2) is 68.2 Å². The molecule has 1 heterocycles. The molecule has 0 aliphatic carbocycles. The molecule has 4 nitrogen and oxygen atoms in total. The van der Waals surface area contributed by atoms with Crippen molar-refractivity contribution in [1.29, 1.82) is 0 Å². The SMILES string of the molecule is C[C@@H](O)CN1CCC(CNCCOCC(F)(F)F)CC1. The maximum Gasteiger partial charge on any atom is 0.411 e. The minimum Gasteiger partial charge on any atom is -0.392 e. The summed E-state index contributed by atoms with van der Waals surface area (Å²) in [6.45, 7) is 4.62. The largest absolute Gasteiger partial charge is 0.411 e. The smallest absolute Gasteiger partial charge is 0.392 e. The Morgan fingerprint density at radius 2 is 2.00 bits per heavy atom. The van der Waals surface area contributed by atoms with Crippen LogP contribution in [-0.2, 0) is 4.74 Å². The molecule has 0 aromatic carbocycles. The van der Waals surface area contributed by atoms with Crippen molar-refractivity contribution in [2.75, 3.05) is 45.9 Å². The number of likely N-dealkylation sites (tertiary alicyclic amines) is 1. The van der Waals surface area contributed by atoms with Crippen LogP contribution >= 0.6 is 0 Å². The van der Waals surface area contributed by atoms with Crippen molar-refractivity contribution in [3.63, 3.8) is 0 Å². The van der Waals surface area contributed by atoms with E-state index >= 15 is 0 Å². The zero-order chi connectivity index (χ0) is 15.0. The van der Waals surface area contributed by atoms with Gasteiger partial charge in [0.15, 0.2) is 0 Å². The van der Waals surface area contributed by atoms with Gasteiger partial charge in [-0.1, -0.05) is 0 Å². The fraction of sp³-hybridized carbons (Fsp3) is 1.00. The van der Waals surface area contributed by atoms with Gasteiger partial charge in [-0.3, -0.25) is 0 Å². The number of hydrogen-bond acceptors (Lipinski definition) is 4.